The molecule has 3 aromatic rings. The minimum absolute atomic E-state index is 0.0258. The molecule has 5 rings (SSSR count). The number of hydrogen-bond donors (Lipinski definition) is 2. The monoisotopic (exact) mass is 474 g/mol. The largest absolute Gasteiger partial charge is 0.394 e. The Balaban J connectivity index is 1.50. The van der Waals surface area contributed by atoms with Crippen LogP contribution in [-0.4, -0.2) is 47.3 Å². The molecular weight excluding hydrogens is 450 g/mol. The number of carbonyl (C=O) groups excluding carboxylic acids is 1. The number of halogens is 2. The summed E-state index contributed by atoms with van der Waals surface area (Å²) in [4.78, 5) is 21.0. The van der Waals surface area contributed by atoms with Crippen molar-refractivity contribution in [2.45, 2.75) is 18.5 Å². The maximum absolute atomic E-state index is 14.2. The number of aliphatic hydroxyl groups is 1. The van der Waals surface area contributed by atoms with Crippen LogP contribution >= 0.6 is 0 Å². The summed E-state index contributed by atoms with van der Waals surface area (Å²) in [6, 6.07) is 11.4. The highest BCUT2D eigenvalue weighted by atomic mass is 19.1. The number of urea groups is 1. The first-order valence-electron chi connectivity index (χ1n) is 11.4. The van der Waals surface area contributed by atoms with E-state index in [4.69, 9.17) is 0 Å². The fourth-order valence-electron chi connectivity index (χ4n) is 5.12. The first-order chi connectivity index (χ1) is 17.0. The van der Waals surface area contributed by atoms with Gasteiger partial charge in [-0.25, -0.2) is 13.6 Å². The lowest BCUT2D eigenvalue weighted by Gasteiger charge is -2.44. The number of hydrogen-bond acceptors (Lipinski definition) is 4. The average molecular weight is 475 g/mol. The van der Waals surface area contributed by atoms with Crippen LogP contribution in [0.1, 0.15) is 29.2 Å². The third-order valence-electron chi connectivity index (χ3n) is 6.79. The van der Waals surface area contributed by atoms with Gasteiger partial charge in [0.1, 0.15) is 11.6 Å². The molecule has 3 heterocycles. The standard InChI is InChI=1S/C27H24F2N4O2/c1-32-24-9-6-17(4-5-18-3-2-11-30-15-18)13-21(24)26-20(25(32)16-34)10-12-33(26)27(35)31-23-14-19(28)7-8-22(23)29/h2-3,6-9,11,13-15,20,25-26,34H,10,12,16H2,1H3,(H,31,35)/t20-,25+,26?/m1/s1. The summed E-state index contributed by atoms with van der Waals surface area (Å²) >= 11 is 0. The van der Waals surface area contributed by atoms with Gasteiger partial charge in [0, 0.05) is 54.8 Å². The summed E-state index contributed by atoms with van der Waals surface area (Å²) in [5.74, 6) is 4.89. The van der Waals surface area contributed by atoms with Crippen LogP contribution in [0.4, 0.5) is 25.0 Å². The molecular formula is C27H24F2N4O2. The Morgan fingerprint density at radius 3 is 2.77 bits per heavy atom. The molecule has 0 aliphatic carbocycles. The predicted octanol–water partition coefficient (Wildman–Crippen LogP) is 4.17. The third kappa shape index (κ3) is 4.31. The molecule has 8 heteroatoms. The van der Waals surface area contributed by atoms with E-state index in [1.54, 1.807) is 17.3 Å². The number of nitrogens with one attached hydrogen (secondary N) is 1. The van der Waals surface area contributed by atoms with Gasteiger partial charge in [-0.05, 0) is 54.4 Å². The third-order valence-corrected chi connectivity index (χ3v) is 6.79. The second kappa shape index (κ2) is 9.35. The molecule has 2 amide bonds. The lowest BCUT2D eigenvalue weighted by molar-refractivity contribution is 0.168. The molecule has 0 saturated carbocycles. The number of pyridine rings is 1. The van der Waals surface area contributed by atoms with E-state index in [0.717, 1.165) is 40.6 Å². The summed E-state index contributed by atoms with van der Waals surface area (Å²) in [7, 11) is 1.93. The van der Waals surface area contributed by atoms with Gasteiger partial charge in [0.15, 0.2) is 0 Å². The lowest BCUT2D eigenvalue weighted by atomic mass is 9.81. The molecule has 1 fully saturated rings. The van der Waals surface area contributed by atoms with Gasteiger partial charge in [0.25, 0.3) is 0 Å². The molecule has 1 unspecified atom stereocenters. The Morgan fingerprint density at radius 1 is 1.17 bits per heavy atom. The van der Waals surface area contributed by atoms with Crippen molar-refractivity contribution in [3.05, 3.63) is 89.2 Å². The highest BCUT2D eigenvalue weighted by Gasteiger charge is 2.47. The van der Waals surface area contributed by atoms with E-state index in [-0.39, 0.29) is 30.3 Å². The number of likely N-dealkylation sites (N-methyl/N-ethyl adjacent to an activating group) is 1. The van der Waals surface area contributed by atoms with Gasteiger partial charge in [-0.15, -0.1) is 0 Å². The van der Waals surface area contributed by atoms with E-state index in [1.165, 1.54) is 0 Å². The van der Waals surface area contributed by atoms with E-state index < -0.39 is 17.7 Å². The zero-order valence-corrected chi connectivity index (χ0v) is 19.1. The Hall–Kier alpha value is -3.96. The van der Waals surface area contributed by atoms with Gasteiger partial charge in [0.2, 0.25) is 0 Å². The highest BCUT2D eigenvalue weighted by Crippen LogP contribution is 2.48. The van der Waals surface area contributed by atoms with E-state index in [0.29, 0.717) is 13.0 Å². The highest BCUT2D eigenvalue weighted by molar-refractivity contribution is 5.90. The number of fused-ring (bicyclic) bond motifs is 3. The number of aromatic nitrogens is 1. The van der Waals surface area contributed by atoms with Crippen molar-refractivity contribution in [3.63, 3.8) is 0 Å². The molecule has 6 nitrogen and oxygen atoms in total. The molecule has 2 N–H and O–H groups in total. The van der Waals surface area contributed by atoms with Gasteiger partial charge in [-0.3, -0.25) is 4.98 Å². The maximum atomic E-state index is 14.2. The summed E-state index contributed by atoms with van der Waals surface area (Å²) in [6.45, 7) is 0.362. The second-order valence-electron chi connectivity index (χ2n) is 8.77. The smallest absolute Gasteiger partial charge is 0.322 e. The summed E-state index contributed by atoms with van der Waals surface area (Å²) in [5, 5.41) is 12.7. The van der Waals surface area contributed by atoms with Gasteiger partial charge in [-0.2, -0.15) is 0 Å². The number of aliphatic hydroxyl groups excluding tert-OH is 1. The van der Waals surface area contributed by atoms with Gasteiger partial charge >= 0.3 is 6.03 Å². The van der Waals surface area contributed by atoms with Crippen molar-refractivity contribution in [2.75, 3.05) is 30.4 Å². The van der Waals surface area contributed by atoms with Gasteiger partial charge in [0.05, 0.1) is 24.4 Å². The van der Waals surface area contributed by atoms with Gasteiger partial charge < -0.3 is 20.2 Å². The number of likely N-dealkylation sites (tertiary alicyclic amines) is 1. The summed E-state index contributed by atoms with van der Waals surface area (Å²) in [6.07, 6.45) is 4.05. The molecule has 0 radical (unpaired) electrons. The van der Waals surface area contributed by atoms with Crippen molar-refractivity contribution in [1.29, 1.82) is 0 Å². The van der Waals surface area contributed by atoms with E-state index in [9.17, 15) is 18.7 Å². The predicted molar refractivity (Wildman–Crippen MR) is 129 cm³/mol. The van der Waals surface area contributed by atoms with Crippen molar-refractivity contribution in [2.24, 2.45) is 5.92 Å². The number of anilines is 2. The lowest BCUT2D eigenvalue weighted by Crippen LogP contribution is -2.48. The van der Waals surface area contributed by atoms with E-state index in [2.05, 4.69) is 22.1 Å². The van der Waals surface area contributed by atoms with Gasteiger partial charge in [-0.1, -0.05) is 11.8 Å². The Labute approximate surface area is 202 Å². The van der Waals surface area contributed by atoms with Crippen molar-refractivity contribution in [3.8, 4) is 11.8 Å². The van der Waals surface area contributed by atoms with Crippen LogP contribution in [0.2, 0.25) is 0 Å². The summed E-state index contributed by atoms with van der Waals surface area (Å²) in [5.41, 5.74) is 3.17. The van der Waals surface area contributed by atoms with Crippen LogP contribution in [0.15, 0.2) is 60.9 Å². The quantitative estimate of drug-likeness (QED) is 0.548. The molecule has 0 bridgehead atoms. The number of carbonyl (C=O) groups is 1. The maximum Gasteiger partial charge on any atom is 0.322 e. The molecule has 1 aromatic heterocycles. The number of nitrogens with zero attached hydrogens (tertiary/aromatic N) is 3. The van der Waals surface area contributed by atoms with Crippen molar-refractivity contribution < 1.29 is 18.7 Å². The van der Waals surface area contributed by atoms with Crippen LogP contribution in [0, 0.1) is 29.4 Å². The Kier molecular flexibility index (Phi) is 6.10. The minimum atomic E-state index is -0.708. The fraction of sp³-hybridized carbons (Fsp3) is 0.259. The van der Waals surface area contributed by atoms with Crippen molar-refractivity contribution >= 4 is 17.4 Å². The number of amides is 2. The SMILES string of the molecule is CN1c2ccc(C#Cc3cccnc3)cc2C2[C@H](CCN2C(=O)Nc2cc(F)ccc2F)[C@@H]1CO. The van der Waals surface area contributed by atoms with Crippen molar-refractivity contribution in [1.82, 2.24) is 9.88 Å². The summed E-state index contributed by atoms with van der Waals surface area (Å²) < 4.78 is 27.8. The molecule has 3 atom stereocenters. The molecule has 0 spiro atoms. The van der Waals surface area contributed by atoms with E-state index in [1.807, 2.05) is 42.3 Å². The minimum Gasteiger partial charge on any atom is -0.394 e. The number of benzene rings is 2. The van der Waals surface area contributed by atoms with Crippen LogP contribution in [0.25, 0.3) is 0 Å². The molecule has 2 aromatic carbocycles. The molecule has 178 valence electrons. The van der Waals surface area contributed by atoms with E-state index >= 15 is 0 Å². The molecule has 2 aliphatic rings. The second-order valence-corrected chi connectivity index (χ2v) is 8.77. The first-order valence-corrected chi connectivity index (χ1v) is 11.4. The van der Waals surface area contributed by atoms with Crippen LogP contribution in [0.5, 0.6) is 0 Å². The zero-order valence-electron chi connectivity index (χ0n) is 19.1. The number of rotatable bonds is 2. The molecule has 2 aliphatic heterocycles. The Bertz CT molecular complexity index is 1320. The molecule has 1 saturated heterocycles. The van der Waals surface area contributed by atoms with Crippen LogP contribution in [-0.2, 0) is 0 Å². The average Bonchev–Trinajstić information content (AvgIpc) is 3.31. The Morgan fingerprint density at radius 2 is 2.00 bits per heavy atom. The topological polar surface area (TPSA) is 68.7 Å². The van der Waals surface area contributed by atoms with Crippen LogP contribution in [0.3, 0.4) is 0 Å². The molecule has 35 heavy (non-hydrogen) atoms. The normalized spacial score (nSPS) is 20.5. The zero-order chi connectivity index (χ0) is 24.5. The first kappa shape index (κ1) is 22.8. The fourth-order valence-corrected chi connectivity index (χ4v) is 5.12. The van der Waals surface area contributed by atoms with Crippen LogP contribution < -0.4 is 10.2 Å².